The second kappa shape index (κ2) is 15.2. The molecule has 1 N–H and O–H groups in total. The first kappa shape index (κ1) is 34.6. The predicted molar refractivity (Wildman–Crippen MR) is 152 cm³/mol. The molecule has 242 valence electrons. The Balaban J connectivity index is 0.000000279. The first-order valence-electron chi connectivity index (χ1n) is 13.9. The average Bonchev–Trinajstić information content (AvgIpc) is 3.78. The molecule has 44 heavy (non-hydrogen) atoms. The minimum atomic E-state index is -4.54. The summed E-state index contributed by atoms with van der Waals surface area (Å²) in [5, 5.41) is 15.2. The summed E-state index contributed by atoms with van der Waals surface area (Å²) in [6.45, 7) is 4.17. The fraction of sp³-hybridized carbons (Fsp3) is 0.556. The maximum Gasteiger partial charge on any atom is 0.435 e. The predicted octanol–water partition coefficient (Wildman–Crippen LogP) is 3.07. The van der Waals surface area contributed by atoms with E-state index >= 15 is 0 Å². The normalized spacial score (nSPS) is 16.0. The Kier molecular flexibility index (Phi) is 11.9. The Bertz CT molecular complexity index is 1410. The van der Waals surface area contributed by atoms with Gasteiger partial charge in [0.15, 0.2) is 17.1 Å². The molecule has 0 saturated carbocycles. The van der Waals surface area contributed by atoms with Crippen molar-refractivity contribution in [3.8, 4) is 0 Å². The van der Waals surface area contributed by atoms with Gasteiger partial charge in [-0.3, -0.25) is 18.8 Å². The van der Waals surface area contributed by atoms with Crippen molar-refractivity contribution in [2.24, 2.45) is 0 Å². The second-order valence-corrected chi connectivity index (χ2v) is 10.3. The molecule has 5 rings (SSSR count). The minimum Gasteiger partial charge on any atom is -0.464 e. The molecule has 17 heteroatoms. The average molecular weight is 645 g/mol. The van der Waals surface area contributed by atoms with E-state index in [1.54, 1.807) is 27.9 Å². The molecule has 5 heterocycles. The van der Waals surface area contributed by atoms with Crippen LogP contribution in [-0.4, -0.2) is 92.5 Å². The third-order valence-corrected chi connectivity index (χ3v) is 7.44. The van der Waals surface area contributed by atoms with E-state index in [1.165, 1.54) is 21.1 Å². The molecular weight excluding hydrogens is 609 g/mol. The van der Waals surface area contributed by atoms with Gasteiger partial charge in [-0.2, -0.15) is 28.5 Å². The van der Waals surface area contributed by atoms with Crippen LogP contribution in [0.2, 0.25) is 0 Å². The van der Waals surface area contributed by atoms with Gasteiger partial charge in [0.1, 0.15) is 6.54 Å². The van der Waals surface area contributed by atoms with Crippen molar-refractivity contribution in [2.45, 2.75) is 57.4 Å². The van der Waals surface area contributed by atoms with Gasteiger partial charge in [-0.05, 0) is 63.9 Å². The van der Waals surface area contributed by atoms with Crippen molar-refractivity contribution < 1.29 is 37.0 Å². The molecule has 0 atom stereocenters. The van der Waals surface area contributed by atoms with E-state index in [4.69, 9.17) is 0 Å². The number of carbonyl (C=O) groups excluding carboxylic acids is 3. The van der Waals surface area contributed by atoms with Gasteiger partial charge in [-0.25, -0.2) is 9.59 Å². The largest absolute Gasteiger partial charge is 0.464 e. The number of aryl methyl sites for hydroxylation is 1. The first-order chi connectivity index (χ1) is 20.5. The summed E-state index contributed by atoms with van der Waals surface area (Å²) >= 11 is 0. The smallest absolute Gasteiger partial charge is 0.435 e. The topological polar surface area (TPSA) is 138 Å². The van der Waals surface area contributed by atoms with Crippen molar-refractivity contribution in [3.63, 3.8) is 0 Å². The van der Waals surface area contributed by atoms with Crippen molar-refractivity contribution in [1.82, 2.24) is 39.6 Å². The van der Waals surface area contributed by atoms with Crippen LogP contribution >= 0.6 is 12.4 Å². The summed E-state index contributed by atoms with van der Waals surface area (Å²) in [7, 11) is 2.65. The summed E-state index contributed by atoms with van der Waals surface area (Å²) in [5.74, 6) is -1.17. The molecule has 1 amide bonds. The molecule has 0 spiro atoms. The highest BCUT2D eigenvalue weighted by atomic mass is 35.5. The van der Waals surface area contributed by atoms with Crippen LogP contribution in [-0.2, 0) is 27.0 Å². The lowest BCUT2D eigenvalue weighted by atomic mass is 10.1. The van der Waals surface area contributed by atoms with Gasteiger partial charge in [-0.15, -0.1) is 12.4 Å². The number of alkyl halides is 3. The number of ether oxygens (including phenoxy) is 2. The lowest BCUT2D eigenvalue weighted by Crippen LogP contribution is -2.41. The van der Waals surface area contributed by atoms with Gasteiger partial charge in [-0.1, -0.05) is 0 Å². The maximum atomic E-state index is 12.7. The van der Waals surface area contributed by atoms with Gasteiger partial charge < -0.3 is 19.7 Å². The van der Waals surface area contributed by atoms with Crippen LogP contribution in [0, 0.1) is 6.92 Å². The van der Waals surface area contributed by atoms with E-state index in [9.17, 15) is 27.6 Å². The van der Waals surface area contributed by atoms with Crippen molar-refractivity contribution in [2.75, 3.05) is 40.4 Å². The molecule has 0 aromatic carbocycles. The SMILES string of the molecule is COC(=O)c1ccn(C2CCN(C(=O)Cn3nc(C(F)(F)F)cc3C)CC2)n1.COC(=O)c1ccn(C2CCNCC2)n1.Cl. The summed E-state index contributed by atoms with van der Waals surface area (Å²) in [4.78, 5) is 36.7. The number of aromatic nitrogens is 6. The first-order valence-corrected chi connectivity index (χ1v) is 13.9. The van der Waals surface area contributed by atoms with Crippen LogP contribution in [0.1, 0.15) is 70.1 Å². The van der Waals surface area contributed by atoms with Crippen LogP contribution in [0.3, 0.4) is 0 Å². The number of amides is 1. The number of nitrogens with one attached hydrogen (secondary N) is 1. The Morgan fingerprint density at radius 2 is 1.39 bits per heavy atom. The highest BCUT2D eigenvalue weighted by Crippen LogP contribution is 2.28. The molecule has 0 aliphatic carbocycles. The van der Waals surface area contributed by atoms with E-state index in [0.717, 1.165) is 36.7 Å². The lowest BCUT2D eigenvalue weighted by molar-refractivity contribution is -0.142. The minimum absolute atomic E-state index is 0. The number of esters is 2. The zero-order chi connectivity index (χ0) is 31.1. The van der Waals surface area contributed by atoms with Crippen molar-refractivity contribution >= 4 is 30.3 Å². The third kappa shape index (κ3) is 8.59. The maximum absolute atomic E-state index is 12.7. The zero-order valence-corrected chi connectivity index (χ0v) is 25.4. The third-order valence-electron chi connectivity index (χ3n) is 7.44. The van der Waals surface area contributed by atoms with Crippen LogP contribution in [0.15, 0.2) is 30.6 Å². The lowest BCUT2D eigenvalue weighted by Gasteiger charge is -2.32. The molecule has 3 aromatic heterocycles. The number of piperidine rings is 2. The zero-order valence-electron chi connectivity index (χ0n) is 24.6. The van der Waals surface area contributed by atoms with Crippen molar-refractivity contribution in [3.05, 3.63) is 53.4 Å². The summed E-state index contributed by atoms with van der Waals surface area (Å²) in [6.07, 6.45) is 2.37. The molecule has 13 nitrogen and oxygen atoms in total. The molecule has 2 aliphatic rings. The fourth-order valence-electron chi connectivity index (χ4n) is 5.00. The van der Waals surface area contributed by atoms with Crippen LogP contribution in [0.25, 0.3) is 0 Å². The molecule has 0 unspecified atom stereocenters. The number of carbonyl (C=O) groups is 3. The summed E-state index contributed by atoms with van der Waals surface area (Å²) < 4.78 is 52.1. The fourth-order valence-corrected chi connectivity index (χ4v) is 5.00. The monoisotopic (exact) mass is 644 g/mol. The molecule has 2 fully saturated rings. The van der Waals surface area contributed by atoms with E-state index in [1.807, 2.05) is 10.9 Å². The quantitative estimate of drug-likeness (QED) is 0.401. The number of methoxy groups -OCH3 is 2. The number of hydrogen-bond acceptors (Lipinski definition) is 9. The Hall–Kier alpha value is -3.92. The van der Waals surface area contributed by atoms with Crippen LogP contribution < -0.4 is 5.32 Å². The Morgan fingerprint density at radius 1 is 0.886 bits per heavy atom. The number of nitrogens with zero attached hydrogens (tertiary/aromatic N) is 7. The number of hydrogen-bond donors (Lipinski definition) is 1. The standard InChI is InChI=1S/C17H20F3N5O3.C10H15N3O2.ClH/c1-11-9-14(17(18,19)20)22-25(11)10-15(26)23-6-3-12(4-7-23)24-8-5-13(21-24)16(27)28-2;1-15-10(14)9-4-7-13(12-9)8-2-5-11-6-3-8;/h5,8-9,12H,3-4,6-7,10H2,1-2H3;4,7-8,11H,2-3,5-6H2,1H3;1H. The van der Waals surface area contributed by atoms with E-state index in [-0.39, 0.29) is 48.3 Å². The van der Waals surface area contributed by atoms with Gasteiger partial charge in [0.05, 0.1) is 26.3 Å². The van der Waals surface area contributed by atoms with Gasteiger partial charge >= 0.3 is 18.1 Å². The number of rotatable bonds is 6. The highest BCUT2D eigenvalue weighted by molar-refractivity contribution is 5.87. The molecule has 3 aromatic rings. The van der Waals surface area contributed by atoms with Gasteiger partial charge in [0.25, 0.3) is 0 Å². The van der Waals surface area contributed by atoms with Crippen LogP contribution in [0.5, 0.6) is 0 Å². The molecule has 0 bridgehead atoms. The van der Waals surface area contributed by atoms with E-state index in [0.29, 0.717) is 37.7 Å². The number of likely N-dealkylation sites (tertiary alicyclic amines) is 1. The van der Waals surface area contributed by atoms with E-state index < -0.39 is 17.8 Å². The van der Waals surface area contributed by atoms with Crippen molar-refractivity contribution in [1.29, 1.82) is 0 Å². The Labute approximate surface area is 258 Å². The molecule has 2 aliphatic heterocycles. The van der Waals surface area contributed by atoms with Gasteiger partial charge in [0, 0.05) is 31.2 Å². The highest BCUT2D eigenvalue weighted by Gasteiger charge is 2.35. The summed E-state index contributed by atoms with van der Waals surface area (Å²) in [6, 6.07) is 4.64. The molecule has 2 saturated heterocycles. The Morgan fingerprint density at radius 3 is 1.84 bits per heavy atom. The number of halogens is 4. The summed E-state index contributed by atoms with van der Waals surface area (Å²) in [5.41, 5.74) is -0.120. The second-order valence-electron chi connectivity index (χ2n) is 10.3. The van der Waals surface area contributed by atoms with E-state index in [2.05, 4.69) is 30.1 Å². The molecule has 0 radical (unpaired) electrons. The molecular formula is C27H36ClF3N8O5. The van der Waals surface area contributed by atoms with Gasteiger partial charge in [0.2, 0.25) is 5.91 Å². The van der Waals surface area contributed by atoms with Crippen LogP contribution in [0.4, 0.5) is 13.2 Å².